The van der Waals surface area contributed by atoms with Crippen LogP contribution in [0, 0.1) is 0 Å². The fourth-order valence-corrected chi connectivity index (χ4v) is 3.43. The molecule has 1 aromatic carbocycles. The maximum atomic E-state index is 12.9. The fourth-order valence-electron chi connectivity index (χ4n) is 3.43. The van der Waals surface area contributed by atoms with E-state index in [1.807, 2.05) is 0 Å². The predicted molar refractivity (Wildman–Crippen MR) is 81.0 cm³/mol. The molecule has 2 N–H and O–H groups in total. The molecule has 7 heteroatoms. The molecule has 2 aliphatic rings. The van der Waals surface area contributed by atoms with Crippen molar-refractivity contribution in [1.82, 2.24) is 9.80 Å². The van der Waals surface area contributed by atoms with Gasteiger partial charge in [-0.2, -0.15) is 13.2 Å². The minimum absolute atomic E-state index is 0.0518. The number of nitrogens with two attached hydrogens (primary N) is 1. The van der Waals surface area contributed by atoms with Crippen LogP contribution in [0.1, 0.15) is 35.2 Å². The molecule has 2 saturated heterocycles. The van der Waals surface area contributed by atoms with E-state index in [-0.39, 0.29) is 11.3 Å². The third-order valence-corrected chi connectivity index (χ3v) is 4.74. The minimum Gasteiger partial charge on any atom is -0.398 e. The number of rotatable bonds is 1. The van der Waals surface area contributed by atoms with Crippen molar-refractivity contribution in [3.63, 3.8) is 0 Å². The lowest BCUT2D eigenvalue weighted by molar-refractivity contribution is -0.137. The zero-order valence-electron chi connectivity index (χ0n) is 12.8. The van der Waals surface area contributed by atoms with Crippen LogP contribution in [0.5, 0.6) is 0 Å². The Bertz CT molecular complexity index is 603. The monoisotopic (exact) mass is 327 g/mol. The minimum atomic E-state index is -4.48. The summed E-state index contributed by atoms with van der Waals surface area (Å²) in [5, 5.41) is 0. The Labute approximate surface area is 133 Å². The van der Waals surface area contributed by atoms with Gasteiger partial charge in [0, 0.05) is 31.4 Å². The van der Waals surface area contributed by atoms with E-state index in [1.165, 1.54) is 6.42 Å². The van der Waals surface area contributed by atoms with Crippen molar-refractivity contribution in [3.8, 4) is 0 Å². The van der Waals surface area contributed by atoms with Crippen LogP contribution < -0.4 is 5.73 Å². The molecule has 23 heavy (non-hydrogen) atoms. The van der Waals surface area contributed by atoms with Gasteiger partial charge in [-0.3, -0.25) is 9.69 Å². The molecule has 1 amide bonds. The SMILES string of the molecule is Nc1ccc(C(F)(F)F)cc1C(=O)N1CCN2CCCC[C@@H]2C1. The molecule has 1 aromatic rings. The van der Waals surface area contributed by atoms with Gasteiger partial charge < -0.3 is 10.6 Å². The van der Waals surface area contributed by atoms with Crippen molar-refractivity contribution in [3.05, 3.63) is 29.3 Å². The number of nitrogen functional groups attached to an aromatic ring is 1. The van der Waals surface area contributed by atoms with Gasteiger partial charge in [0.05, 0.1) is 11.1 Å². The highest BCUT2D eigenvalue weighted by Crippen LogP contribution is 2.32. The zero-order valence-corrected chi connectivity index (χ0v) is 12.8. The van der Waals surface area contributed by atoms with Crippen molar-refractivity contribution in [2.24, 2.45) is 0 Å². The number of halogens is 3. The van der Waals surface area contributed by atoms with E-state index in [4.69, 9.17) is 5.73 Å². The van der Waals surface area contributed by atoms with Crippen LogP contribution in [-0.2, 0) is 6.18 Å². The van der Waals surface area contributed by atoms with Crippen molar-refractivity contribution in [2.75, 3.05) is 31.9 Å². The molecule has 2 aliphatic heterocycles. The van der Waals surface area contributed by atoms with E-state index < -0.39 is 17.6 Å². The first-order valence-corrected chi connectivity index (χ1v) is 7.86. The van der Waals surface area contributed by atoms with Gasteiger partial charge in [-0.1, -0.05) is 6.42 Å². The number of hydrogen-bond acceptors (Lipinski definition) is 3. The van der Waals surface area contributed by atoms with Crippen LogP contribution in [-0.4, -0.2) is 47.9 Å². The van der Waals surface area contributed by atoms with Crippen LogP contribution in [0.25, 0.3) is 0 Å². The molecule has 2 fully saturated rings. The highest BCUT2D eigenvalue weighted by molar-refractivity contribution is 5.99. The van der Waals surface area contributed by atoms with Crippen molar-refractivity contribution in [2.45, 2.75) is 31.5 Å². The number of fused-ring (bicyclic) bond motifs is 1. The predicted octanol–water partition coefficient (Wildman–Crippen LogP) is 2.60. The molecule has 126 valence electrons. The first-order chi connectivity index (χ1) is 10.9. The number of amides is 1. The molecular formula is C16H20F3N3O. The quantitative estimate of drug-likeness (QED) is 0.807. The van der Waals surface area contributed by atoms with Crippen molar-refractivity contribution in [1.29, 1.82) is 0 Å². The molecule has 2 heterocycles. The fraction of sp³-hybridized carbons (Fsp3) is 0.562. The van der Waals surface area contributed by atoms with E-state index in [0.29, 0.717) is 19.1 Å². The van der Waals surface area contributed by atoms with Gasteiger partial charge in [-0.05, 0) is 37.6 Å². The Balaban J connectivity index is 1.80. The van der Waals surface area contributed by atoms with Crippen molar-refractivity contribution < 1.29 is 18.0 Å². The zero-order chi connectivity index (χ0) is 16.6. The number of alkyl halides is 3. The van der Waals surface area contributed by atoms with Crippen LogP contribution in [0.3, 0.4) is 0 Å². The van der Waals surface area contributed by atoms with Crippen LogP contribution in [0.4, 0.5) is 18.9 Å². The second-order valence-corrected chi connectivity index (χ2v) is 6.24. The summed E-state index contributed by atoms with van der Waals surface area (Å²) in [4.78, 5) is 16.6. The molecule has 0 aliphatic carbocycles. The molecule has 3 rings (SSSR count). The molecule has 0 radical (unpaired) electrons. The Morgan fingerprint density at radius 1 is 1.17 bits per heavy atom. The second-order valence-electron chi connectivity index (χ2n) is 6.24. The second kappa shape index (κ2) is 6.03. The average molecular weight is 327 g/mol. The Morgan fingerprint density at radius 3 is 2.70 bits per heavy atom. The lowest BCUT2D eigenvalue weighted by atomic mass is 9.98. The Hall–Kier alpha value is -1.76. The topological polar surface area (TPSA) is 49.6 Å². The summed E-state index contributed by atoms with van der Waals surface area (Å²) in [6, 6.07) is 3.25. The van der Waals surface area contributed by atoms with E-state index in [2.05, 4.69) is 4.90 Å². The molecule has 0 aromatic heterocycles. The van der Waals surface area contributed by atoms with Crippen molar-refractivity contribution >= 4 is 11.6 Å². The van der Waals surface area contributed by atoms with Gasteiger partial charge >= 0.3 is 6.18 Å². The molecule has 0 saturated carbocycles. The summed E-state index contributed by atoms with van der Waals surface area (Å²) >= 11 is 0. The Kier molecular flexibility index (Phi) is 4.23. The van der Waals surface area contributed by atoms with E-state index in [0.717, 1.165) is 44.1 Å². The maximum Gasteiger partial charge on any atom is 0.416 e. The number of piperazine rings is 1. The van der Waals surface area contributed by atoms with E-state index in [9.17, 15) is 18.0 Å². The number of anilines is 1. The number of carbonyl (C=O) groups excluding carboxylic acids is 1. The first-order valence-electron chi connectivity index (χ1n) is 7.86. The standard InChI is InChI=1S/C16H20F3N3O/c17-16(18,19)11-4-5-14(20)13(9-11)15(23)22-8-7-21-6-2-1-3-12(21)10-22/h4-5,9,12H,1-3,6-8,10,20H2/t12-/m1/s1. The van der Waals surface area contributed by atoms with Crippen LogP contribution in [0.15, 0.2) is 18.2 Å². The number of nitrogens with zero attached hydrogens (tertiary/aromatic N) is 2. The van der Waals surface area contributed by atoms with Crippen LogP contribution >= 0.6 is 0 Å². The smallest absolute Gasteiger partial charge is 0.398 e. The highest BCUT2D eigenvalue weighted by Gasteiger charge is 2.34. The summed E-state index contributed by atoms with van der Waals surface area (Å²) in [6.07, 6.45) is -1.15. The number of carbonyl (C=O) groups is 1. The number of piperidine rings is 1. The average Bonchev–Trinajstić information content (AvgIpc) is 2.53. The molecule has 0 bridgehead atoms. The molecule has 4 nitrogen and oxygen atoms in total. The molecular weight excluding hydrogens is 307 g/mol. The lowest BCUT2D eigenvalue weighted by Crippen LogP contribution is -2.56. The number of hydrogen-bond donors (Lipinski definition) is 1. The summed E-state index contributed by atoms with van der Waals surface area (Å²) in [5.41, 5.74) is 4.95. The summed E-state index contributed by atoms with van der Waals surface area (Å²) < 4.78 is 38.6. The largest absolute Gasteiger partial charge is 0.416 e. The highest BCUT2D eigenvalue weighted by atomic mass is 19.4. The lowest BCUT2D eigenvalue weighted by Gasteiger charge is -2.44. The summed E-state index contributed by atoms with van der Waals surface area (Å²) in [7, 11) is 0. The number of benzene rings is 1. The van der Waals surface area contributed by atoms with Gasteiger partial charge in [-0.15, -0.1) is 0 Å². The van der Waals surface area contributed by atoms with Crippen LogP contribution in [0.2, 0.25) is 0 Å². The van der Waals surface area contributed by atoms with Gasteiger partial charge in [-0.25, -0.2) is 0 Å². The Morgan fingerprint density at radius 2 is 1.96 bits per heavy atom. The first kappa shape index (κ1) is 16.1. The molecule has 0 spiro atoms. The van der Waals surface area contributed by atoms with Gasteiger partial charge in [0.25, 0.3) is 5.91 Å². The van der Waals surface area contributed by atoms with Gasteiger partial charge in [0.1, 0.15) is 0 Å². The van der Waals surface area contributed by atoms with Gasteiger partial charge in [0.2, 0.25) is 0 Å². The molecule has 0 unspecified atom stereocenters. The third kappa shape index (κ3) is 3.29. The third-order valence-electron chi connectivity index (χ3n) is 4.74. The summed E-state index contributed by atoms with van der Waals surface area (Å²) in [6.45, 7) is 2.91. The van der Waals surface area contributed by atoms with E-state index >= 15 is 0 Å². The van der Waals surface area contributed by atoms with Gasteiger partial charge in [0.15, 0.2) is 0 Å². The maximum absolute atomic E-state index is 12.9. The summed E-state index contributed by atoms with van der Waals surface area (Å²) in [5.74, 6) is -0.404. The normalized spacial score (nSPS) is 22.7. The molecule has 1 atom stereocenters. The van der Waals surface area contributed by atoms with E-state index in [1.54, 1.807) is 4.90 Å².